The molecule has 0 radical (unpaired) electrons. The van der Waals surface area contributed by atoms with Crippen LogP contribution in [0.5, 0.6) is 0 Å². The number of hydrogen-bond acceptors (Lipinski definition) is 2. The van der Waals surface area contributed by atoms with Gasteiger partial charge in [0.1, 0.15) is 0 Å². The van der Waals surface area contributed by atoms with E-state index in [1.54, 1.807) is 6.08 Å². The van der Waals surface area contributed by atoms with Crippen LogP contribution < -0.4 is 0 Å². The molecule has 0 saturated carbocycles. The molecule has 0 heterocycles. The van der Waals surface area contributed by atoms with E-state index in [4.69, 9.17) is 4.52 Å². The van der Waals surface area contributed by atoms with Gasteiger partial charge in [0, 0.05) is 0 Å². The minimum atomic E-state index is -3.61. The van der Waals surface area contributed by atoms with Crippen molar-refractivity contribution < 1.29 is 14.0 Å². The Labute approximate surface area is 103 Å². The van der Waals surface area contributed by atoms with Gasteiger partial charge in [-0.2, -0.15) is 0 Å². The smallest absolute Gasteiger partial charge is 0.324 e. The first-order valence-electron chi connectivity index (χ1n) is 5.61. The topological polar surface area (TPSA) is 46.5 Å². The molecule has 2 unspecified atom stereocenters. The maximum atomic E-state index is 11.9. The van der Waals surface area contributed by atoms with E-state index < -0.39 is 13.7 Å². The summed E-state index contributed by atoms with van der Waals surface area (Å²) < 4.78 is 17.2. The van der Waals surface area contributed by atoms with Crippen LogP contribution >= 0.6 is 7.60 Å². The van der Waals surface area contributed by atoms with Gasteiger partial charge in [0.25, 0.3) is 0 Å². The van der Waals surface area contributed by atoms with Gasteiger partial charge in [0.15, 0.2) is 0 Å². The fourth-order valence-electron chi connectivity index (χ4n) is 1.48. The third-order valence-corrected chi connectivity index (χ3v) is 3.74. The summed E-state index contributed by atoms with van der Waals surface area (Å²) in [4.78, 5) is 9.80. The molecule has 17 heavy (non-hydrogen) atoms. The van der Waals surface area contributed by atoms with Crippen LogP contribution in [0.3, 0.4) is 0 Å². The Morgan fingerprint density at radius 3 is 2.47 bits per heavy atom. The highest BCUT2D eigenvalue weighted by Gasteiger charge is 2.25. The molecule has 4 heteroatoms. The lowest BCUT2D eigenvalue weighted by Gasteiger charge is -2.21. The highest BCUT2D eigenvalue weighted by Crippen LogP contribution is 2.47. The zero-order valence-electron chi connectivity index (χ0n) is 10.2. The van der Waals surface area contributed by atoms with Crippen LogP contribution in [-0.2, 0) is 15.3 Å². The molecule has 94 valence electrons. The van der Waals surface area contributed by atoms with Crippen LogP contribution in [0, 0.1) is 5.92 Å². The first-order valence-corrected chi connectivity index (χ1v) is 7.37. The quantitative estimate of drug-likeness (QED) is 0.623. The summed E-state index contributed by atoms with van der Waals surface area (Å²) in [5.41, 5.74) is 0.796. The number of hydrogen-bond donors (Lipinski definition) is 1. The van der Waals surface area contributed by atoms with Crippen LogP contribution in [0.4, 0.5) is 0 Å². The molecule has 1 aromatic carbocycles. The molecule has 1 rings (SSSR count). The largest absolute Gasteiger partial charge is 0.333 e. The first kappa shape index (κ1) is 14.2. The van der Waals surface area contributed by atoms with E-state index in [-0.39, 0.29) is 12.1 Å². The fraction of sp³-hybridized carbons (Fsp3) is 0.385. The Kier molecular flexibility index (Phi) is 5.13. The van der Waals surface area contributed by atoms with Gasteiger partial charge < -0.3 is 9.42 Å². The second-order valence-electron chi connectivity index (χ2n) is 4.33. The summed E-state index contributed by atoms with van der Waals surface area (Å²) in [6.07, 6.45) is 1.21. The van der Waals surface area contributed by atoms with Crippen molar-refractivity contribution in [3.05, 3.63) is 48.6 Å². The van der Waals surface area contributed by atoms with Gasteiger partial charge in [-0.25, -0.2) is 0 Å². The van der Waals surface area contributed by atoms with Crippen LogP contribution in [0.25, 0.3) is 0 Å². The summed E-state index contributed by atoms with van der Waals surface area (Å²) in [5.74, 6) is 0.128. The maximum Gasteiger partial charge on any atom is 0.333 e. The SMILES string of the molecule is C=CC(OP(=O)(O)Cc1ccccc1)C(C)C. The molecular formula is C13H19O3P. The van der Waals surface area contributed by atoms with Gasteiger partial charge in [-0.3, -0.25) is 4.57 Å². The molecular weight excluding hydrogens is 235 g/mol. The zero-order valence-corrected chi connectivity index (χ0v) is 11.1. The highest BCUT2D eigenvalue weighted by atomic mass is 31.2. The Bertz CT molecular complexity index is 400. The predicted octanol–water partition coefficient (Wildman–Crippen LogP) is 3.60. The first-order chi connectivity index (χ1) is 7.94. The number of benzene rings is 1. The Hall–Kier alpha value is -0.890. The van der Waals surface area contributed by atoms with Crippen molar-refractivity contribution in [1.82, 2.24) is 0 Å². The van der Waals surface area contributed by atoms with Gasteiger partial charge in [-0.1, -0.05) is 50.3 Å². The Balaban J connectivity index is 2.69. The molecule has 2 atom stereocenters. The average molecular weight is 254 g/mol. The van der Waals surface area contributed by atoms with Crippen LogP contribution in [0.15, 0.2) is 43.0 Å². The van der Waals surface area contributed by atoms with Gasteiger partial charge >= 0.3 is 7.60 Å². The van der Waals surface area contributed by atoms with Crippen LogP contribution in [0.2, 0.25) is 0 Å². The molecule has 0 saturated heterocycles. The third-order valence-electron chi connectivity index (χ3n) is 2.40. The van der Waals surface area contributed by atoms with Crippen molar-refractivity contribution >= 4 is 7.60 Å². The molecule has 0 bridgehead atoms. The van der Waals surface area contributed by atoms with Crippen molar-refractivity contribution in [3.63, 3.8) is 0 Å². The Morgan fingerprint density at radius 2 is 2.00 bits per heavy atom. The minimum absolute atomic E-state index is 0.0326. The van der Waals surface area contributed by atoms with Crippen molar-refractivity contribution in [1.29, 1.82) is 0 Å². The average Bonchev–Trinajstić information content (AvgIpc) is 2.26. The Morgan fingerprint density at radius 1 is 1.41 bits per heavy atom. The molecule has 0 aliphatic heterocycles. The summed E-state index contributed by atoms with van der Waals surface area (Å²) in [7, 11) is -3.61. The van der Waals surface area contributed by atoms with Gasteiger partial charge in [0.05, 0.1) is 12.3 Å². The van der Waals surface area contributed by atoms with E-state index in [1.165, 1.54) is 0 Å². The van der Waals surface area contributed by atoms with E-state index in [1.807, 2.05) is 44.2 Å². The van der Waals surface area contributed by atoms with E-state index in [0.29, 0.717) is 0 Å². The van der Waals surface area contributed by atoms with Crippen LogP contribution in [-0.4, -0.2) is 11.0 Å². The van der Waals surface area contributed by atoms with E-state index in [2.05, 4.69) is 6.58 Å². The summed E-state index contributed by atoms with van der Waals surface area (Å²) in [5, 5.41) is 0. The van der Waals surface area contributed by atoms with E-state index in [0.717, 1.165) is 5.56 Å². The van der Waals surface area contributed by atoms with E-state index >= 15 is 0 Å². The van der Waals surface area contributed by atoms with Crippen molar-refractivity contribution in [3.8, 4) is 0 Å². The van der Waals surface area contributed by atoms with Crippen LogP contribution in [0.1, 0.15) is 19.4 Å². The minimum Gasteiger partial charge on any atom is -0.324 e. The number of rotatable bonds is 6. The fourth-order valence-corrected chi connectivity index (χ4v) is 2.94. The molecule has 1 N–H and O–H groups in total. The van der Waals surface area contributed by atoms with Crippen molar-refractivity contribution in [2.45, 2.75) is 26.1 Å². The molecule has 0 aliphatic rings. The van der Waals surface area contributed by atoms with Crippen molar-refractivity contribution in [2.24, 2.45) is 5.92 Å². The second kappa shape index (κ2) is 6.15. The highest BCUT2D eigenvalue weighted by molar-refractivity contribution is 7.52. The molecule has 0 amide bonds. The zero-order chi connectivity index (χ0) is 12.9. The molecule has 3 nitrogen and oxygen atoms in total. The van der Waals surface area contributed by atoms with Gasteiger partial charge in [0.2, 0.25) is 0 Å². The molecule has 0 fully saturated rings. The van der Waals surface area contributed by atoms with E-state index in [9.17, 15) is 9.46 Å². The molecule has 0 spiro atoms. The lowest BCUT2D eigenvalue weighted by molar-refractivity contribution is 0.170. The second-order valence-corrected chi connectivity index (χ2v) is 6.13. The summed E-state index contributed by atoms with van der Waals surface area (Å²) >= 11 is 0. The van der Waals surface area contributed by atoms with Gasteiger partial charge in [-0.05, 0) is 11.5 Å². The monoisotopic (exact) mass is 254 g/mol. The van der Waals surface area contributed by atoms with Crippen molar-refractivity contribution in [2.75, 3.05) is 0 Å². The predicted molar refractivity (Wildman–Crippen MR) is 69.9 cm³/mol. The lowest BCUT2D eigenvalue weighted by atomic mass is 10.1. The molecule has 1 aromatic rings. The van der Waals surface area contributed by atoms with Gasteiger partial charge in [-0.15, -0.1) is 6.58 Å². The third kappa shape index (κ3) is 4.86. The molecule has 0 aromatic heterocycles. The molecule has 0 aliphatic carbocycles. The lowest BCUT2D eigenvalue weighted by Crippen LogP contribution is -2.15. The standard InChI is InChI=1S/C13H19O3P/c1-4-13(11(2)3)16-17(14,15)10-12-8-6-5-7-9-12/h4-9,11,13H,1,10H2,2-3H3,(H,14,15). The maximum absolute atomic E-state index is 11.9. The normalized spacial score (nSPS) is 16.5. The summed E-state index contributed by atoms with van der Waals surface area (Å²) in [6, 6.07) is 9.16. The summed E-state index contributed by atoms with van der Waals surface area (Å²) in [6.45, 7) is 7.47.